The zero-order valence-corrected chi connectivity index (χ0v) is 7.01. The summed E-state index contributed by atoms with van der Waals surface area (Å²) in [6.07, 6.45) is 1.79. The Hall–Kier alpha value is -0.600. The van der Waals surface area contributed by atoms with Gasteiger partial charge in [-0.25, -0.2) is 0 Å². The Balaban J connectivity index is 2.28. The van der Waals surface area contributed by atoms with Gasteiger partial charge in [0.05, 0.1) is 5.69 Å². The van der Waals surface area contributed by atoms with Gasteiger partial charge in [0.1, 0.15) is 0 Å². The van der Waals surface area contributed by atoms with Gasteiger partial charge in [0.2, 0.25) is 0 Å². The molecule has 3 heteroatoms. The molecule has 2 nitrogen and oxygen atoms in total. The molecule has 0 aliphatic carbocycles. The molecule has 0 fully saturated rings. The lowest BCUT2D eigenvalue weighted by Crippen LogP contribution is -2.16. The molecule has 0 aliphatic heterocycles. The van der Waals surface area contributed by atoms with Crippen molar-refractivity contribution in [1.82, 2.24) is 10.3 Å². The molecule has 0 radical (unpaired) electrons. The smallest absolute Gasteiger partial charge is 0.0541 e. The van der Waals surface area contributed by atoms with E-state index < -0.39 is 0 Å². The topological polar surface area (TPSA) is 24.9 Å². The summed E-state index contributed by atoms with van der Waals surface area (Å²) in [5.41, 5.74) is 1.05. The monoisotopic (exact) mass is 170 g/mol. The highest BCUT2D eigenvalue weighted by Crippen LogP contribution is 1.91. The van der Waals surface area contributed by atoms with Crippen molar-refractivity contribution in [2.24, 2.45) is 0 Å². The summed E-state index contributed by atoms with van der Waals surface area (Å²) in [5, 5.41) is 3.16. The van der Waals surface area contributed by atoms with E-state index in [-0.39, 0.29) is 0 Å². The molecule has 0 atom stereocenters. The second-order valence-corrected chi connectivity index (χ2v) is 2.56. The standard InChI is InChI=1S/C8H11ClN2/c9-4-6-10-7-8-3-1-2-5-11-8/h1-3,5,10H,4,6-7H2. The van der Waals surface area contributed by atoms with Gasteiger partial charge in [0, 0.05) is 25.2 Å². The fourth-order valence-corrected chi connectivity index (χ4v) is 0.920. The van der Waals surface area contributed by atoms with Crippen molar-refractivity contribution in [1.29, 1.82) is 0 Å². The molecule has 0 unspecified atom stereocenters. The van der Waals surface area contributed by atoms with Crippen molar-refractivity contribution in [2.45, 2.75) is 6.54 Å². The SMILES string of the molecule is ClCCNCc1ccccn1. The minimum atomic E-state index is 0.646. The lowest BCUT2D eigenvalue weighted by Gasteiger charge is -1.99. The first-order chi connectivity index (χ1) is 5.43. The molecule has 0 bridgehead atoms. The van der Waals surface area contributed by atoms with Crippen LogP contribution in [0.2, 0.25) is 0 Å². The summed E-state index contributed by atoms with van der Waals surface area (Å²) in [7, 11) is 0. The number of hydrogen-bond acceptors (Lipinski definition) is 2. The third-order valence-electron chi connectivity index (χ3n) is 1.30. The van der Waals surface area contributed by atoms with Gasteiger partial charge in [0.25, 0.3) is 0 Å². The minimum Gasteiger partial charge on any atom is -0.310 e. The van der Waals surface area contributed by atoms with Gasteiger partial charge in [-0.05, 0) is 12.1 Å². The van der Waals surface area contributed by atoms with Crippen LogP contribution in [0.3, 0.4) is 0 Å². The molecule has 0 aromatic carbocycles. The van der Waals surface area contributed by atoms with Gasteiger partial charge in [-0.15, -0.1) is 11.6 Å². The molecular weight excluding hydrogens is 160 g/mol. The highest BCUT2D eigenvalue weighted by molar-refractivity contribution is 6.18. The van der Waals surface area contributed by atoms with Crippen LogP contribution in [-0.2, 0) is 6.54 Å². The largest absolute Gasteiger partial charge is 0.310 e. The van der Waals surface area contributed by atoms with Gasteiger partial charge in [-0.1, -0.05) is 6.07 Å². The predicted octanol–water partition coefficient (Wildman–Crippen LogP) is 1.41. The molecule has 0 spiro atoms. The Morgan fingerprint density at radius 1 is 1.45 bits per heavy atom. The first-order valence-corrected chi connectivity index (χ1v) is 4.13. The van der Waals surface area contributed by atoms with Crippen LogP contribution in [0.25, 0.3) is 0 Å². The normalized spacial score (nSPS) is 9.91. The van der Waals surface area contributed by atoms with E-state index in [1.807, 2.05) is 18.2 Å². The fourth-order valence-electron chi connectivity index (χ4n) is 0.786. The first kappa shape index (κ1) is 8.50. The Bertz CT molecular complexity index is 189. The molecule has 1 aromatic heterocycles. The number of pyridine rings is 1. The van der Waals surface area contributed by atoms with Gasteiger partial charge < -0.3 is 5.32 Å². The number of halogens is 1. The average Bonchev–Trinajstić information content (AvgIpc) is 2.07. The molecular formula is C8H11ClN2. The predicted molar refractivity (Wildman–Crippen MR) is 46.7 cm³/mol. The quantitative estimate of drug-likeness (QED) is 0.546. The van der Waals surface area contributed by atoms with Crippen LogP contribution in [0.15, 0.2) is 24.4 Å². The number of hydrogen-bond donors (Lipinski definition) is 1. The van der Waals surface area contributed by atoms with Crippen molar-refractivity contribution >= 4 is 11.6 Å². The van der Waals surface area contributed by atoms with Crippen molar-refractivity contribution in [3.8, 4) is 0 Å². The maximum Gasteiger partial charge on any atom is 0.0541 e. The maximum atomic E-state index is 5.48. The number of rotatable bonds is 4. The molecule has 1 rings (SSSR count). The van der Waals surface area contributed by atoms with Crippen LogP contribution in [0, 0.1) is 0 Å². The number of aromatic nitrogens is 1. The van der Waals surface area contributed by atoms with Crippen LogP contribution in [-0.4, -0.2) is 17.4 Å². The van der Waals surface area contributed by atoms with Gasteiger partial charge in [-0.3, -0.25) is 4.98 Å². The lowest BCUT2D eigenvalue weighted by atomic mass is 10.3. The van der Waals surface area contributed by atoms with Crippen LogP contribution in [0.1, 0.15) is 5.69 Å². The zero-order valence-electron chi connectivity index (χ0n) is 6.26. The molecule has 0 aliphatic rings. The second kappa shape index (κ2) is 5.10. The summed E-state index contributed by atoms with van der Waals surface area (Å²) in [6, 6.07) is 5.87. The maximum absolute atomic E-state index is 5.48. The lowest BCUT2D eigenvalue weighted by molar-refractivity contribution is 0.714. The van der Waals surface area contributed by atoms with Crippen molar-refractivity contribution in [2.75, 3.05) is 12.4 Å². The van der Waals surface area contributed by atoms with Gasteiger partial charge >= 0.3 is 0 Å². The number of nitrogens with zero attached hydrogens (tertiary/aromatic N) is 1. The Morgan fingerprint density at radius 2 is 2.36 bits per heavy atom. The van der Waals surface area contributed by atoms with Crippen molar-refractivity contribution in [3.63, 3.8) is 0 Å². The highest BCUT2D eigenvalue weighted by atomic mass is 35.5. The number of alkyl halides is 1. The second-order valence-electron chi connectivity index (χ2n) is 2.19. The van der Waals surface area contributed by atoms with Gasteiger partial charge in [0.15, 0.2) is 0 Å². The molecule has 1 aromatic rings. The van der Waals surface area contributed by atoms with E-state index in [0.717, 1.165) is 18.8 Å². The van der Waals surface area contributed by atoms with Crippen molar-refractivity contribution < 1.29 is 0 Å². The summed E-state index contributed by atoms with van der Waals surface area (Å²) < 4.78 is 0. The summed E-state index contributed by atoms with van der Waals surface area (Å²) >= 11 is 5.48. The van der Waals surface area contributed by atoms with Crippen LogP contribution in [0.4, 0.5) is 0 Å². The zero-order chi connectivity index (χ0) is 7.94. The molecule has 11 heavy (non-hydrogen) atoms. The fraction of sp³-hybridized carbons (Fsp3) is 0.375. The summed E-state index contributed by atoms with van der Waals surface area (Å²) in [5.74, 6) is 0.646. The van der Waals surface area contributed by atoms with E-state index in [2.05, 4.69) is 10.3 Å². The van der Waals surface area contributed by atoms with Crippen LogP contribution >= 0.6 is 11.6 Å². The van der Waals surface area contributed by atoms with Crippen LogP contribution in [0.5, 0.6) is 0 Å². The van der Waals surface area contributed by atoms with E-state index >= 15 is 0 Å². The summed E-state index contributed by atoms with van der Waals surface area (Å²) in [6.45, 7) is 1.63. The van der Waals surface area contributed by atoms with E-state index in [0.29, 0.717) is 5.88 Å². The highest BCUT2D eigenvalue weighted by Gasteiger charge is 1.89. The molecule has 60 valence electrons. The van der Waals surface area contributed by atoms with E-state index in [4.69, 9.17) is 11.6 Å². The Morgan fingerprint density at radius 3 is 3.00 bits per heavy atom. The third-order valence-corrected chi connectivity index (χ3v) is 1.49. The van der Waals surface area contributed by atoms with E-state index in [1.165, 1.54) is 0 Å². The molecule has 0 saturated heterocycles. The van der Waals surface area contributed by atoms with Crippen molar-refractivity contribution in [3.05, 3.63) is 30.1 Å². The van der Waals surface area contributed by atoms with Crippen LogP contribution < -0.4 is 5.32 Å². The molecule has 0 saturated carbocycles. The average molecular weight is 171 g/mol. The number of nitrogens with one attached hydrogen (secondary N) is 1. The Labute approximate surface area is 71.6 Å². The third kappa shape index (κ3) is 3.35. The first-order valence-electron chi connectivity index (χ1n) is 3.60. The van der Waals surface area contributed by atoms with E-state index in [9.17, 15) is 0 Å². The van der Waals surface area contributed by atoms with Gasteiger partial charge in [-0.2, -0.15) is 0 Å². The Kier molecular flexibility index (Phi) is 3.94. The molecule has 1 heterocycles. The molecule has 1 N–H and O–H groups in total. The molecule has 0 amide bonds. The summed E-state index contributed by atoms with van der Waals surface area (Å²) in [4.78, 5) is 4.14. The van der Waals surface area contributed by atoms with E-state index in [1.54, 1.807) is 6.20 Å². The minimum absolute atomic E-state index is 0.646.